The maximum atomic E-state index is 14.7. The minimum absolute atomic E-state index is 0.167. The van der Waals surface area contributed by atoms with Gasteiger partial charge in [-0.3, -0.25) is 25.8 Å². The van der Waals surface area contributed by atoms with Crippen molar-refractivity contribution in [3.05, 3.63) is 57.8 Å². The predicted molar refractivity (Wildman–Crippen MR) is 168 cm³/mol. The number of alkyl halides is 6. The van der Waals surface area contributed by atoms with Gasteiger partial charge in [0.2, 0.25) is 5.60 Å². The van der Waals surface area contributed by atoms with E-state index in [0.29, 0.717) is 24.8 Å². The quantitative estimate of drug-likeness (QED) is 0.0928. The first-order valence-corrected chi connectivity index (χ1v) is 16.0. The van der Waals surface area contributed by atoms with Gasteiger partial charge in [-0.05, 0) is 74.0 Å². The molecule has 18 heteroatoms. The Balaban J connectivity index is 0.00000409. The molecule has 1 aromatic carbocycles. The van der Waals surface area contributed by atoms with Crippen molar-refractivity contribution in [3.8, 4) is 0 Å². The fraction of sp³-hybridized carbons (Fsp3) is 0.548. The van der Waals surface area contributed by atoms with Crippen molar-refractivity contribution >= 4 is 39.5 Å². The number of unbranched alkanes of at least 4 members (excludes halogenated alkanes) is 1. The monoisotopic (exact) mass is 772 g/mol. The van der Waals surface area contributed by atoms with Gasteiger partial charge in [0.1, 0.15) is 10.2 Å². The number of benzene rings is 1. The fourth-order valence-corrected chi connectivity index (χ4v) is 4.81. The van der Waals surface area contributed by atoms with E-state index in [1.165, 1.54) is 32.9 Å². The Kier molecular flexibility index (Phi) is 15.3. The van der Waals surface area contributed by atoms with Gasteiger partial charge in [-0.25, -0.2) is 9.78 Å². The fourth-order valence-electron chi connectivity index (χ4n) is 4.29. The lowest BCUT2D eigenvalue weighted by Crippen LogP contribution is -2.61. The summed E-state index contributed by atoms with van der Waals surface area (Å²) in [5, 5.41) is 1.98. The number of hydrogen-bond acceptors (Lipinski definition) is 8. The van der Waals surface area contributed by atoms with Crippen LogP contribution in [0.5, 0.6) is 0 Å². The lowest BCUT2D eigenvalue weighted by molar-refractivity contribution is -0.273. The number of nitrogens with one attached hydrogen (secondary N) is 3. The average molecular weight is 774 g/mol. The van der Waals surface area contributed by atoms with Crippen LogP contribution in [0.3, 0.4) is 0 Å². The molecule has 0 spiro atoms. The highest BCUT2D eigenvalue weighted by atomic mass is 79.9. The zero-order valence-electron chi connectivity index (χ0n) is 27.4. The normalized spacial score (nSPS) is 15.0. The third-order valence-electron chi connectivity index (χ3n) is 6.48. The smallest absolute Gasteiger partial charge is 0.426 e. The molecule has 1 atom stereocenters. The van der Waals surface area contributed by atoms with E-state index in [4.69, 9.17) is 18.9 Å². The average Bonchev–Trinajstić information content (AvgIpc) is 3.53. The van der Waals surface area contributed by atoms with E-state index in [1.807, 2.05) is 19.2 Å². The zero-order valence-corrected chi connectivity index (χ0v) is 29.0. The molecule has 1 unspecified atom stereocenters. The number of rotatable bonds is 11. The van der Waals surface area contributed by atoms with Gasteiger partial charge >= 0.3 is 18.4 Å². The molecule has 11 nitrogen and oxygen atoms in total. The summed E-state index contributed by atoms with van der Waals surface area (Å²) in [4.78, 5) is 42.3. The third-order valence-corrected chi connectivity index (χ3v) is 7.09. The molecule has 2 heterocycles. The Morgan fingerprint density at radius 2 is 1.57 bits per heavy atom. The van der Waals surface area contributed by atoms with E-state index >= 15 is 0 Å². The number of carbonyl (C=O) groups excluding carboxylic acids is 3. The molecule has 0 radical (unpaired) electrons. The zero-order chi connectivity index (χ0) is 37.0. The number of nitrogens with zero attached hydrogens (tertiary/aromatic N) is 1. The maximum absolute atomic E-state index is 14.7. The first-order valence-electron chi connectivity index (χ1n) is 15.2. The molecule has 3 amide bonds. The minimum Gasteiger partial charge on any atom is -0.444 e. The van der Waals surface area contributed by atoms with Gasteiger partial charge in [-0.1, -0.05) is 44.2 Å². The van der Waals surface area contributed by atoms with Gasteiger partial charge in [-0.2, -0.15) is 26.3 Å². The second-order valence-electron chi connectivity index (χ2n) is 11.3. The summed E-state index contributed by atoms with van der Waals surface area (Å²) in [6.45, 7) is 8.48. The summed E-state index contributed by atoms with van der Waals surface area (Å²) in [5.74, 6) is -3.27. The molecule has 49 heavy (non-hydrogen) atoms. The van der Waals surface area contributed by atoms with Crippen LogP contribution < -0.4 is 16.2 Å². The van der Waals surface area contributed by atoms with Crippen molar-refractivity contribution in [1.29, 1.82) is 0 Å². The van der Waals surface area contributed by atoms with E-state index in [-0.39, 0.29) is 19.3 Å². The van der Waals surface area contributed by atoms with Crippen molar-refractivity contribution in [3.63, 3.8) is 0 Å². The Labute approximate surface area is 287 Å². The highest BCUT2D eigenvalue weighted by molar-refractivity contribution is 9.10. The van der Waals surface area contributed by atoms with Gasteiger partial charge in [0.05, 0.1) is 31.1 Å². The Morgan fingerprint density at radius 3 is 2.12 bits per heavy atom. The summed E-state index contributed by atoms with van der Waals surface area (Å²) >= 11 is 2.61. The number of carbonyl (C=O) groups is 3. The molecular formula is C31H39BrF6N4O7. The molecule has 0 saturated carbocycles. The van der Waals surface area contributed by atoms with Crippen molar-refractivity contribution < 1.29 is 59.7 Å². The predicted octanol–water partition coefficient (Wildman–Crippen LogP) is 7.45. The SMILES string of the molecule is CC.CC(C)(C)OC(=O)Nc1cc(C(F)(F)F)c(Br)nc1C(=O)NNC(=O)C(CCCCC1OCCO1)(OCc1ccccc1)C(F)(F)F. The van der Waals surface area contributed by atoms with Crippen LogP contribution in [0, 0.1) is 0 Å². The largest absolute Gasteiger partial charge is 0.444 e. The van der Waals surface area contributed by atoms with Crippen molar-refractivity contribution in [1.82, 2.24) is 15.8 Å². The molecule has 274 valence electrons. The number of ether oxygens (including phenoxy) is 4. The van der Waals surface area contributed by atoms with Crippen molar-refractivity contribution in [2.24, 2.45) is 0 Å². The second-order valence-corrected chi connectivity index (χ2v) is 12.0. The van der Waals surface area contributed by atoms with E-state index in [9.17, 15) is 40.7 Å². The van der Waals surface area contributed by atoms with Gasteiger partial charge in [0.25, 0.3) is 11.8 Å². The Bertz CT molecular complexity index is 1400. The molecule has 3 rings (SSSR count). The third kappa shape index (κ3) is 12.4. The Morgan fingerprint density at radius 1 is 0.959 bits per heavy atom. The van der Waals surface area contributed by atoms with E-state index in [1.54, 1.807) is 29.1 Å². The van der Waals surface area contributed by atoms with Crippen LogP contribution in [0.1, 0.15) is 81.9 Å². The number of anilines is 1. The number of amides is 3. The minimum atomic E-state index is -5.30. The van der Waals surface area contributed by atoms with Crippen LogP contribution in [-0.4, -0.2) is 59.8 Å². The summed E-state index contributed by atoms with van der Waals surface area (Å²) in [7, 11) is 0. The molecule has 1 fully saturated rings. The summed E-state index contributed by atoms with van der Waals surface area (Å²) in [5.41, 5.74) is -3.91. The molecule has 3 N–H and O–H groups in total. The van der Waals surface area contributed by atoms with Crippen LogP contribution in [0.4, 0.5) is 36.8 Å². The maximum Gasteiger partial charge on any atom is 0.426 e. The van der Waals surface area contributed by atoms with E-state index < -0.39 is 82.3 Å². The van der Waals surface area contributed by atoms with E-state index in [2.05, 4.69) is 20.9 Å². The first-order chi connectivity index (χ1) is 22.8. The highest BCUT2D eigenvalue weighted by Crippen LogP contribution is 2.40. The van der Waals surface area contributed by atoms with Gasteiger partial charge in [0.15, 0.2) is 12.0 Å². The van der Waals surface area contributed by atoms with Gasteiger partial charge in [-0.15, -0.1) is 0 Å². The number of halogens is 7. The topological polar surface area (TPSA) is 137 Å². The van der Waals surface area contributed by atoms with Crippen LogP contribution in [-0.2, 0) is 36.5 Å². The van der Waals surface area contributed by atoms with Crippen LogP contribution in [0.2, 0.25) is 0 Å². The molecule has 0 bridgehead atoms. The number of hydrazine groups is 1. The number of hydrogen-bond donors (Lipinski definition) is 3. The summed E-state index contributed by atoms with van der Waals surface area (Å²) in [6.07, 6.45) is -12.7. The van der Waals surface area contributed by atoms with Crippen LogP contribution >= 0.6 is 15.9 Å². The molecule has 1 aliphatic rings. The molecule has 0 aliphatic carbocycles. The van der Waals surface area contributed by atoms with Crippen LogP contribution in [0.15, 0.2) is 41.0 Å². The summed E-state index contributed by atoms with van der Waals surface area (Å²) < 4.78 is 105. The van der Waals surface area contributed by atoms with Gasteiger partial charge in [0, 0.05) is 0 Å². The molecule has 2 aromatic rings. The van der Waals surface area contributed by atoms with Crippen LogP contribution in [0.25, 0.3) is 0 Å². The second kappa shape index (κ2) is 18.0. The number of aromatic nitrogens is 1. The summed E-state index contributed by atoms with van der Waals surface area (Å²) in [6, 6.07) is 8.11. The lowest BCUT2D eigenvalue weighted by atomic mass is 9.93. The van der Waals surface area contributed by atoms with E-state index in [0.717, 1.165) is 0 Å². The molecular weight excluding hydrogens is 734 g/mol. The Hall–Kier alpha value is -3.48. The first kappa shape index (κ1) is 41.7. The lowest BCUT2D eigenvalue weighted by Gasteiger charge is -2.34. The molecule has 1 saturated heterocycles. The molecule has 1 aromatic heterocycles. The standard InChI is InChI=1S/C29H33BrF6N4O7.C2H6/c1-26(2,3)47-25(43)37-19-15-18(28(31,32)33)22(30)38-21(19)23(41)39-40-24(42)27(29(34,35)36,46-16-17-9-5-4-6-10-17)12-8-7-11-20-44-13-14-45-20;1-2/h4-6,9-10,15,20H,7-8,11-14,16H2,1-3H3,(H,37,43)(H,39,41)(H,40,42);1-2H3. The highest BCUT2D eigenvalue weighted by Gasteiger charge is 2.61. The van der Waals surface area contributed by atoms with Crippen molar-refractivity contribution in [2.45, 2.75) is 96.8 Å². The number of pyridine rings is 1. The van der Waals surface area contributed by atoms with Gasteiger partial charge < -0.3 is 18.9 Å². The van der Waals surface area contributed by atoms with Crippen molar-refractivity contribution in [2.75, 3.05) is 18.5 Å². The molecule has 1 aliphatic heterocycles.